The van der Waals surface area contributed by atoms with Gasteiger partial charge in [0.2, 0.25) is 20.0 Å². The molecule has 1 atom stereocenters. The third-order valence-electron chi connectivity index (χ3n) is 4.87. The van der Waals surface area contributed by atoms with Crippen LogP contribution in [-0.2, 0) is 20.0 Å². The van der Waals surface area contributed by atoms with Gasteiger partial charge in [-0.05, 0) is 25.5 Å². The van der Waals surface area contributed by atoms with Gasteiger partial charge < -0.3 is 0 Å². The highest BCUT2D eigenvalue weighted by Gasteiger charge is 2.37. The lowest BCUT2D eigenvalue weighted by atomic mass is 9.98. The summed E-state index contributed by atoms with van der Waals surface area (Å²) in [5.74, 6) is -0.334. The van der Waals surface area contributed by atoms with E-state index >= 15 is 0 Å². The van der Waals surface area contributed by atoms with Crippen LogP contribution < -0.4 is 4.72 Å². The smallest absolute Gasteiger partial charge is 0.269 e. The number of benzene rings is 2. The summed E-state index contributed by atoms with van der Waals surface area (Å²) in [6.45, 7) is 2.99. The van der Waals surface area contributed by atoms with E-state index in [0.717, 1.165) is 4.41 Å². The minimum absolute atomic E-state index is 0.125. The molecule has 3 rings (SSSR count). The van der Waals surface area contributed by atoms with E-state index in [1.54, 1.807) is 30.3 Å². The molecular weight excluding hydrogens is 444 g/mol. The number of hydrazone groups is 1. The lowest BCUT2D eigenvalue weighted by Gasteiger charge is -2.22. The zero-order chi connectivity index (χ0) is 22.8. The molecule has 2 aromatic carbocycles. The Morgan fingerprint density at radius 1 is 1.10 bits per heavy atom. The topological polar surface area (TPSA) is 139 Å². The fourth-order valence-electron chi connectivity index (χ4n) is 3.20. The van der Waals surface area contributed by atoms with Crippen molar-refractivity contribution in [1.29, 1.82) is 0 Å². The summed E-state index contributed by atoms with van der Waals surface area (Å²) in [7, 11) is -7.35. The number of hydrogen-bond acceptors (Lipinski definition) is 7. The number of anilines is 1. The largest absolute Gasteiger partial charge is 0.283 e. The number of para-hydroxylation sites is 1. The molecule has 0 radical (unpaired) electrons. The molecule has 12 heteroatoms. The van der Waals surface area contributed by atoms with Crippen molar-refractivity contribution in [2.45, 2.75) is 26.3 Å². The zero-order valence-corrected chi connectivity index (χ0v) is 18.6. The highest BCUT2D eigenvalue weighted by atomic mass is 32.2. The van der Waals surface area contributed by atoms with Crippen LogP contribution in [0.5, 0.6) is 0 Å². The molecule has 0 saturated heterocycles. The maximum absolute atomic E-state index is 12.7. The number of sulfonamides is 2. The van der Waals surface area contributed by atoms with E-state index in [4.69, 9.17) is 0 Å². The number of nitro benzene ring substituents is 1. The second-order valence-corrected chi connectivity index (χ2v) is 11.0. The Hall–Kier alpha value is -2.99. The number of nitrogens with one attached hydrogen (secondary N) is 1. The van der Waals surface area contributed by atoms with Gasteiger partial charge >= 0.3 is 0 Å². The highest BCUT2D eigenvalue weighted by molar-refractivity contribution is 7.92. The first-order valence-corrected chi connectivity index (χ1v) is 12.8. The van der Waals surface area contributed by atoms with Crippen molar-refractivity contribution in [2.75, 3.05) is 16.2 Å². The van der Waals surface area contributed by atoms with Crippen molar-refractivity contribution in [1.82, 2.24) is 4.41 Å². The summed E-state index contributed by atoms with van der Waals surface area (Å²) in [6, 6.07) is 11.6. The van der Waals surface area contributed by atoms with Crippen molar-refractivity contribution < 1.29 is 21.8 Å². The number of nitro groups is 1. The van der Waals surface area contributed by atoms with Crippen LogP contribution in [0.15, 0.2) is 53.6 Å². The zero-order valence-electron chi connectivity index (χ0n) is 16.9. The number of nitrogens with zero attached hydrogens (tertiary/aromatic N) is 3. The molecule has 0 aromatic heterocycles. The van der Waals surface area contributed by atoms with Gasteiger partial charge in [-0.2, -0.15) is 9.52 Å². The highest BCUT2D eigenvalue weighted by Crippen LogP contribution is 2.37. The quantitative estimate of drug-likeness (QED) is 0.469. The van der Waals surface area contributed by atoms with Gasteiger partial charge in [-0.25, -0.2) is 16.8 Å². The molecule has 0 fully saturated rings. The molecule has 0 bridgehead atoms. The molecule has 0 aliphatic carbocycles. The standard InChI is InChI=1S/C19H22N4O6S2/c1-3-30(26,27)21-17-11-6-5-10-16(17)18-13-19(22(20-18)31(28,29)4-2)14-8-7-9-15(12-14)23(24)25/h5-12,19,21H,3-4,13H2,1-2H3/t19-/m1/s1. The Balaban J connectivity index is 2.08. The third-order valence-corrected chi connectivity index (χ3v) is 7.80. The summed E-state index contributed by atoms with van der Waals surface area (Å²) in [5.41, 5.74) is 1.37. The van der Waals surface area contributed by atoms with Crippen molar-refractivity contribution in [3.8, 4) is 0 Å². The van der Waals surface area contributed by atoms with Gasteiger partial charge in [-0.1, -0.05) is 30.3 Å². The van der Waals surface area contributed by atoms with E-state index < -0.39 is 31.0 Å². The molecule has 31 heavy (non-hydrogen) atoms. The second kappa shape index (κ2) is 8.63. The van der Waals surface area contributed by atoms with E-state index in [-0.39, 0.29) is 29.3 Å². The Kier molecular flexibility index (Phi) is 6.32. The predicted octanol–water partition coefficient (Wildman–Crippen LogP) is 2.86. The second-order valence-electron chi connectivity index (χ2n) is 6.84. The molecule has 1 N–H and O–H groups in total. The van der Waals surface area contributed by atoms with E-state index in [9.17, 15) is 26.9 Å². The minimum atomic E-state index is -3.78. The Labute approximate surface area is 180 Å². The summed E-state index contributed by atoms with van der Waals surface area (Å²) < 4.78 is 53.0. The maximum Gasteiger partial charge on any atom is 0.269 e. The molecule has 0 unspecified atom stereocenters. The predicted molar refractivity (Wildman–Crippen MR) is 118 cm³/mol. The number of hydrogen-bond donors (Lipinski definition) is 1. The van der Waals surface area contributed by atoms with Crippen LogP contribution in [0, 0.1) is 10.1 Å². The van der Waals surface area contributed by atoms with E-state index in [1.165, 1.54) is 32.0 Å². The van der Waals surface area contributed by atoms with Crippen molar-refractivity contribution >= 4 is 37.1 Å². The van der Waals surface area contributed by atoms with Gasteiger partial charge in [0.25, 0.3) is 5.69 Å². The molecular formula is C19H22N4O6S2. The van der Waals surface area contributed by atoms with Gasteiger partial charge in [-0.3, -0.25) is 14.8 Å². The Morgan fingerprint density at radius 2 is 1.81 bits per heavy atom. The monoisotopic (exact) mass is 466 g/mol. The molecule has 1 aliphatic heterocycles. The maximum atomic E-state index is 12.7. The van der Waals surface area contributed by atoms with Crippen LogP contribution in [0.3, 0.4) is 0 Å². The molecule has 1 heterocycles. The van der Waals surface area contributed by atoms with E-state index in [1.807, 2.05) is 0 Å². The molecule has 166 valence electrons. The molecule has 2 aromatic rings. The van der Waals surface area contributed by atoms with Gasteiger partial charge in [0.1, 0.15) is 0 Å². The molecule has 0 amide bonds. The summed E-state index contributed by atoms with van der Waals surface area (Å²) in [5, 5.41) is 15.5. The molecule has 0 saturated carbocycles. The van der Waals surface area contributed by atoms with Gasteiger partial charge in [-0.15, -0.1) is 0 Å². The van der Waals surface area contributed by atoms with Crippen LogP contribution in [0.4, 0.5) is 11.4 Å². The van der Waals surface area contributed by atoms with E-state index in [2.05, 4.69) is 9.82 Å². The molecule has 10 nitrogen and oxygen atoms in total. The van der Waals surface area contributed by atoms with Crippen molar-refractivity contribution in [3.63, 3.8) is 0 Å². The summed E-state index contributed by atoms with van der Waals surface area (Å²) in [4.78, 5) is 10.6. The van der Waals surface area contributed by atoms with Gasteiger partial charge in [0, 0.05) is 24.1 Å². The van der Waals surface area contributed by atoms with Crippen LogP contribution >= 0.6 is 0 Å². The first-order valence-electron chi connectivity index (χ1n) is 9.51. The molecule has 0 spiro atoms. The average Bonchev–Trinajstić information content (AvgIpc) is 3.20. The molecule has 1 aliphatic rings. The lowest BCUT2D eigenvalue weighted by Crippen LogP contribution is -2.28. The fraction of sp³-hybridized carbons (Fsp3) is 0.316. The average molecular weight is 467 g/mol. The van der Waals surface area contributed by atoms with E-state index in [0.29, 0.717) is 16.8 Å². The van der Waals surface area contributed by atoms with Gasteiger partial charge in [0.15, 0.2) is 0 Å². The first-order chi connectivity index (χ1) is 14.6. The normalized spacial score (nSPS) is 16.8. The van der Waals surface area contributed by atoms with Crippen LogP contribution in [0.2, 0.25) is 0 Å². The van der Waals surface area contributed by atoms with Crippen LogP contribution in [0.1, 0.15) is 37.4 Å². The number of rotatable bonds is 8. The number of non-ortho nitro benzene ring substituents is 1. The summed E-state index contributed by atoms with van der Waals surface area (Å²) >= 11 is 0. The van der Waals surface area contributed by atoms with Gasteiger partial charge in [0.05, 0.1) is 33.9 Å². The van der Waals surface area contributed by atoms with Crippen molar-refractivity contribution in [2.24, 2.45) is 5.10 Å². The SMILES string of the molecule is CCS(=O)(=O)Nc1ccccc1C1=NN(S(=O)(=O)CC)[C@@H](c2cccc([N+](=O)[O-])c2)C1. The third kappa shape index (κ3) is 4.85. The minimum Gasteiger partial charge on any atom is -0.283 e. The van der Waals surface area contributed by atoms with Crippen molar-refractivity contribution in [3.05, 3.63) is 69.8 Å². The van der Waals surface area contributed by atoms with Crippen LogP contribution in [-0.4, -0.2) is 43.4 Å². The lowest BCUT2D eigenvalue weighted by molar-refractivity contribution is -0.384. The fourth-order valence-corrected chi connectivity index (χ4v) is 4.93. The van der Waals surface area contributed by atoms with Crippen LogP contribution in [0.25, 0.3) is 0 Å². The Morgan fingerprint density at radius 3 is 2.45 bits per heavy atom. The summed E-state index contributed by atoms with van der Waals surface area (Å²) in [6.07, 6.45) is 0.130. The Bertz CT molecular complexity index is 1240. The first kappa shape index (κ1) is 22.7.